The van der Waals surface area contributed by atoms with E-state index in [9.17, 15) is 0 Å². The number of nitrogens with one attached hydrogen (secondary N) is 2. The molecule has 0 amide bonds. The number of hydrogen-bond donors (Lipinski definition) is 2. The van der Waals surface area contributed by atoms with Gasteiger partial charge in [0.25, 0.3) is 0 Å². The quantitative estimate of drug-likeness (QED) is 0.163. The zero-order valence-corrected chi connectivity index (χ0v) is 32.3. The Labute approximate surface area is 339 Å². The topological polar surface area (TPSA) is 53.7 Å². The Bertz CT molecular complexity index is 2910. The minimum atomic E-state index is -0.299. The average Bonchev–Trinajstić information content (AvgIpc) is 4.04. The van der Waals surface area contributed by atoms with E-state index in [0.29, 0.717) is 5.92 Å². The lowest BCUT2D eigenvalue weighted by Crippen LogP contribution is -2.52. The van der Waals surface area contributed by atoms with Gasteiger partial charge in [-0.25, -0.2) is 9.51 Å². The first-order valence-corrected chi connectivity index (χ1v) is 20.6. The summed E-state index contributed by atoms with van der Waals surface area (Å²) >= 11 is 0. The van der Waals surface area contributed by atoms with Crippen molar-refractivity contribution < 1.29 is 0 Å². The number of allylic oxidation sites excluding steroid dienone is 16. The largest absolute Gasteiger partial charge is 0.351 e. The molecule has 1 fully saturated rings. The zero-order chi connectivity index (χ0) is 38.4. The lowest BCUT2D eigenvalue weighted by Gasteiger charge is -2.33. The van der Waals surface area contributed by atoms with Gasteiger partial charge in [0.15, 0.2) is 0 Å². The van der Waals surface area contributed by atoms with Crippen LogP contribution in [0.3, 0.4) is 0 Å². The molecule has 0 radical (unpaired) electrons. The van der Waals surface area contributed by atoms with Crippen LogP contribution in [-0.2, 0) is 0 Å². The van der Waals surface area contributed by atoms with Crippen LogP contribution < -0.4 is 10.6 Å². The van der Waals surface area contributed by atoms with E-state index in [-0.39, 0.29) is 12.3 Å². The van der Waals surface area contributed by atoms with Crippen molar-refractivity contribution in [3.8, 4) is 22.4 Å². The number of aliphatic imine (C=N–C) groups is 1. The van der Waals surface area contributed by atoms with Crippen LogP contribution in [0.2, 0.25) is 0 Å². The van der Waals surface area contributed by atoms with Gasteiger partial charge < -0.3 is 5.32 Å². The second-order valence-electron chi connectivity index (χ2n) is 15.7. The first-order valence-electron chi connectivity index (χ1n) is 20.6. The molecule has 280 valence electrons. The van der Waals surface area contributed by atoms with E-state index in [0.717, 1.165) is 77.0 Å². The molecule has 6 aliphatic rings. The van der Waals surface area contributed by atoms with Crippen LogP contribution in [0.1, 0.15) is 49.4 Å². The molecule has 11 rings (SSSR count). The third kappa shape index (κ3) is 6.26. The molecule has 2 N–H and O–H groups in total. The predicted octanol–water partition coefficient (Wildman–Crippen LogP) is 11.8. The molecule has 5 nitrogen and oxygen atoms in total. The van der Waals surface area contributed by atoms with Crippen LogP contribution in [0.5, 0.6) is 0 Å². The Morgan fingerprint density at radius 3 is 2.53 bits per heavy atom. The highest BCUT2D eigenvalue weighted by molar-refractivity contribution is 6.12. The maximum Gasteiger partial charge on any atom is 0.129 e. The Morgan fingerprint density at radius 2 is 1.66 bits per heavy atom. The molecule has 3 unspecified atom stereocenters. The molecule has 3 atom stereocenters. The van der Waals surface area contributed by atoms with Crippen molar-refractivity contribution in [1.29, 1.82) is 0 Å². The van der Waals surface area contributed by atoms with Crippen LogP contribution >= 0.6 is 0 Å². The SMILES string of the molecule is C1=CC=CC(C2NC(C3=CC(C4=CC=CCC4)=CC=C4CC43)=NC(c3cccc(-c4c(-c5ccccc5)n5ncc(C6=CCCC=C6)c5c5ccccc45)c3)N2)=CC=1. The second-order valence-corrected chi connectivity index (χ2v) is 15.7. The summed E-state index contributed by atoms with van der Waals surface area (Å²) in [6.45, 7) is 0. The molecule has 5 aromatic rings. The number of pyridine rings is 1. The molecule has 1 saturated carbocycles. The Hall–Kier alpha value is -6.78. The Balaban J connectivity index is 1.08. The summed E-state index contributed by atoms with van der Waals surface area (Å²) in [5.74, 6) is 1.32. The van der Waals surface area contributed by atoms with E-state index in [1.807, 2.05) is 12.2 Å². The average molecular weight is 750 g/mol. The number of benzene rings is 3. The smallest absolute Gasteiger partial charge is 0.129 e. The molecule has 3 heterocycles. The van der Waals surface area contributed by atoms with Crippen LogP contribution in [0.25, 0.3) is 44.2 Å². The predicted molar refractivity (Wildman–Crippen MR) is 239 cm³/mol. The summed E-state index contributed by atoms with van der Waals surface area (Å²) in [6.07, 6.45) is 37.9. The summed E-state index contributed by atoms with van der Waals surface area (Å²) in [7, 11) is 0. The van der Waals surface area contributed by atoms with E-state index >= 15 is 0 Å². The highest BCUT2D eigenvalue weighted by atomic mass is 15.3. The molecule has 5 aliphatic carbocycles. The Kier molecular flexibility index (Phi) is 8.69. The first-order chi connectivity index (χ1) is 28.8. The minimum Gasteiger partial charge on any atom is -0.351 e. The minimum absolute atomic E-state index is 0.163. The van der Waals surface area contributed by atoms with Gasteiger partial charge >= 0.3 is 0 Å². The lowest BCUT2D eigenvalue weighted by atomic mass is 9.90. The molecule has 0 spiro atoms. The molecule has 5 heteroatoms. The molecule has 2 aromatic heterocycles. The summed E-state index contributed by atoms with van der Waals surface area (Å²) in [5, 5.41) is 15.3. The maximum atomic E-state index is 5.55. The fourth-order valence-corrected chi connectivity index (χ4v) is 9.13. The van der Waals surface area contributed by atoms with Crippen molar-refractivity contribution in [1.82, 2.24) is 20.2 Å². The number of nitrogens with zero attached hydrogens (tertiary/aromatic N) is 3. The van der Waals surface area contributed by atoms with Crippen LogP contribution in [0.15, 0.2) is 209 Å². The highest BCUT2D eigenvalue weighted by Gasteiger charge is 2.39. The van der Waals surface area contributed by atoms with Gasteiger partial charge in [-0.15, -0.1) is 5.73 Å². The number of amidine groups is 1. The third-order valence-electron chi connectivity index (χ3n) is 12.1. The molecule has 3 aromatic carbocycles. The van der Waals surface area contributed by atoms with E-state index in [2.05, 4.69) is 179 Å². The van der Waals surface area contributed by atoms with Gasteiger partial charge in [0.2, 0.25) is 0 Å². The number of aromatic nitrogens is 2. The van der Waals surface area contributed by atoms with Crippen LogP contribution in [0.4, 0.5) is 0 Å². The normalized spacial score (nSPS) is 22.1. The van der Waals surface area contributed by atoms with Crippen molar-refractivity contribution >= 4 is 27.7 Å². The first kappa shape index (κ1) is 34.5. The van der Waals surface area contributed by atoms with E-state index < -0.39 is 0 Å². The fraction of sp³-hybridized carbons (Fsp3) is 0.151. The fourth-order valence-electron chi connectivity index (χ4n) is 9.13. The van der Waals surface area contributed by atoms with Crippen LogP contribution in [-0.4, -0.2) is 21.6 Å². The van der Waals surface area contributed by atoms with Gasteiger partial charge in [0, 0.05) is 33.6 Å². The monoisotopic (exact) mass is 749 g/mol. The lowest BCUT2D eigenvalue weighted by molar-refractivity contribution is 0.441. The standard InChI is InChI=1S/C53H43N5/c1-2-7-24-38(23-6-1)51-55-52(57-53(56-51)46-32-39(29-30-40-33-45(40)46)35-17-8-3-9-18-35)42-26-16-25-41(31-42)48-43-27-14-15-28-44(43)50-47(36-19-10-4-11-20-36)34-54-58(50)49(48)37-21-12-5-13-22-37/h1,3,5-8,10,12-17,19-32,34,45,51-52,55H,4,9,11,18,33H2,(H,56,57). The molecule has 0 saturated heterocycles. The highest BCUT2D eigenvalue weighted by Crippen LogP contribution is 2.48. The van der Waals surface area contributed by atoms with Gasteiger partial charge in [-0.1, -0.05) is 139 Å². The summed E-state index contributed by atoms with van der Waals surface area (Å²) in [4.78, 5) is 5.55. The summed E-state index contributed by atoms with van der Waals surface area (Å²) in [5.41, 5.74) is 18.9. The molecular weight excluding hydrogens is 707 g/mol. The van der Waals surface area contributed by atoms with E-state index in [1.165, 1.54) is 44.2 Å². The third-order valence-corrected chi connectivity index (χ3v) is 12.1. The van der Waals surface area contributed by atoms with E-state index in [1.54, 1.807) is 0 Å². The molecular formula is C53H43N5. The maximum absolute atomic E-state index is 5.55. The van der Waals surface area contributed by atoms with Crippen molar-refractivity contribution in [2.75, 3.05) is 0 Å². The Morgan fingerprint density at radius 1 is 0.759 bits per heavy atom. The summed E-state index contributed by atoms with van der Waals surface area (Å²) < 4.78 is 2.18. The van der Waals surface area contributed by atoms with Crippen molar-refractivity contribution in [2.45, 2.75) is 44.4 Å². The van der Waals surface area contributed by atoms with Crippen LogP contribution in [0, 0.1) is 5.92 Å². The number of fused-ring (bicyclic) bond motifs is 4. The van der Waals surface area contributed by atoms with Crippen molar-refractivity contribution in [2.24, 2.45) is 10.9 Å². The summed E-state index contributed by atoms with van der Waals surface area (Å²) in [6, 6.07) is 28.5. The molecule has 1 aliphatic heterocycles. The second kappa shape index (κ2) is 14.6. The van der Waals surface area contributed by atoms with Gasteiger partial charge in [0.1, 0.15) is 18.2 Å². The van der Waals surface area contributed by atoms with Gasteiger partial charge in [0.05, 0.1) is 17.4 Å². The van der Waals surface area contributed by atoms with Gasteiger partial charge in [-0.3, -0.25) is 5.32 Å². The number of rotatable bonds is 7. The van der Waals surface area contributed by atoms with E-state index in [4.69, 9.17) is 10.1 Å². The van der Waals surface area contributed by atoms with Gasteiger partial charge in [-0.05, 0) is 101 Å². The van der Waals surface area contributed by atoms with Crippen molar-refractivity contribution in [3.63, 3.8) is 0 Å². The number of hydrogen-bond acceptors (Lipinski definition) is 4. The van der Waals surface area contributed by atoms with Crippen molar-refractivity contribution in [3.05, 3.63) is 215 Å². The zero-order valence-electron chi connectivity index (χ0n) is 32.3. The van der Waals surface area contributed by atoms with Gasteiger partial charge in [-0.2, -0.15) is 5.10 Å². The molecule has 0 bridgehead atoms. The molecule has 58 heavy (non-hydrogen) atoms.